The molecule has 1 atom stereocenters. The van der Waals surface area contributed by atoms with Crippen molar-refractivity contribution in [3.05, 3.63) is 34.9 Å². The van der Waals surface area contributed by atoms with Crippen molar-refractivity contribution in [2.45, 2.75) is 51.9 Å². The predicted molar refractivity (Wildman–Crippen MR) is 74.7 cm³/mol. The summed E-state index contributed by atoms with van der Waals surface area (Å²) in [5.74, 6) is 0.266. The van der Waals surface area contributed by atoms with Gasteiger partial charge in [0.2, 0.25) is 5.91 Å². The summed E-state index contributed by atoms with van der Waals surface area (Å²) in [5.41, 5.74) is 9.05. The molecule has 1 amide bonds. The van der Waals surface area contributed by atoms with Crippen molar-refractivity contribution in [3.63, 3.8) is 0 Å². The number of hydrogen-bond donors (Lipinski definition) is 1. The van der Waals surface area contributed by atoms with Crippen molar-refractivity contribution in [1.82, 2.24) is 0 Å². The lowest BCUT2D eigenvalue weighted by Gasteiger charge is -2.42. The number of benzene rings is 1. The van der Waals surface area contributed by atoms with Gasteiger partial charge >= 0.3 is 0 Å². The van der Waals surface area contributed by atoms with E-state index in [-0.39, 0.29) is 11.3 Å². The van der Waals surface area contributed by atoms with E-state index < -0.39 is 0 Å². The molecular weight excluding hydrogens is 222 g/mol. The number of amides is 1. The average Bonchev–Trinajstić information content (AvgIpc) is 2.36. The summed E-state index contributed by atoms with van der Waals surface area (Å²) in [5, 5.41) is 0. The zero-order valence-corrected chi connectivity index (χ0v) is 11.6. The highest BCUT2D eigenvalue weighted by molar-refractivity contribution is 5.93. The number of nitrogens with two attached hydrogens (primary N) is 1. The van der Waals surface area contributed by atoms with E-state index in [2.05, 4.69) is 26.8 Å². The van der Waals surface area contributed by atoms with Gasteiger partial charge in [-0.25, -0.2) is 0 Å². The second-order valence-corrected chi connectivity index (χ2v) is 5.75. The third-order valence-electron chi connectivity index (χ3n) is 4.74. The van der Waals surface area contributed by atoms with Crippen molar-refractivity contribution < 1.29 is 4.79 Å². The molecule has 1 unspecified atom stereocenters. The highest BCUT2D eigenvalue weighted by Crippen LogP contribution is 2.45. The summed E-state index contributed by atoms with van der Waals surface area (Å²) >= 11 is 0. The first-order valence-corrected chi connectivity index (χ1v) is 6.94. The fourth-order valence-electron chi connectivity index (χ4n) is 3.52. The Labute approximate surface area is 110 Å². The highest BCUT2D eigenvalue weighted by Gasteiger charge is 2.37. The monoisotopic (exact) mass is 245 g/mol. The molecule has 0 bridgehead atoms. The van der Waals surface area contributed by atoms with Crippen LogP contribution in [0.15, 0.2) is 18.2 Å². The number of carbonyl (C=O) groups is 1. The first kappa shape index (κ1) is 13.1. The van der Waals surface area contributed by atoms with Crippen molar-refractivity contribution in [3.8, 4) is 0 Å². The van der Waals surface area contributed by atoms with Crippen LogP contribution in [-0.4, -0.2) is 5.91 Å². The zero-order valence-electron chi connectivity index (χ0n) is 11.6. The van der Waals surface area contributed by atoms with Gasteiger partial charge in [0, 0.05) is 5.56 Å². The maximum absolute atomic E-state index is 11.4. The van der Waals surface area contributed by atoms with Gasteiger partial charge in [0.25, 0.3) is 0 Å². The number of aryl methyl sites for hydroxylation is 1. The van der Waals surface area contributed by atoms with Gasteiger partial charge in [0.15, 0.2) is 0 Å². The molecule has 0 radical (unpaired) electrons. The third kappa shape index (κ3) is 1.94. The average molecular weight is 245 g/mol. The fourth-order valence-corrected chi connectivity index (χ4v) is 3.52. The molecule has 1 aliphatic carbocycles. The lowest BCUT2D eigenvalue weighted by atomic mass is 9.62. The van der Waals surface area contributed by atoms with Crippen LogP contribution in [-0.2, 0) is 11.8 Å². The number of hydrogen-bond acceptors (Lipinski definition) is 1. The lowest BCUT2D eigenvalue weighted by molar-refractivity contribution is 0.1000. The Kier molecular flexibility index (Phi) is 3.47. The molecule has 2 rings (SSSR count). The second kappa shape index (κ2) is 4.75. The van der Waals surface area contributed by atoms with E-state index in [1.165, 1.54) is 24.0 Å². The summed E-state index contributed by atoms with van der Waals surface area (Å²) in [6, 6.07) is 6.01. The highest BCUT2D eigenvalue weighted by atomic mass is 16.1. The molecule has 1 aromatic rings. The van der Waals surface area contributed by atoms with Gasteiger partial charge < -0.3 is 5.73 Å². The molecule has 0 aliphatic heterocycles. The van der Waals surface area contributed by atoms with Crippen molar-refractivity contribution in [1.29, 1.82) is 0 Å². The Morgan fingerprint density at radius 2 is 2.17 bits per heavy atom. The fraction of sp³-hybridized carbons (Fsp3) is 0.562. The topological polar surface area (TPSA) is 43.1 Å². The SMILES string of the molecule is CCC1(C(C)C)CCCc2ccc(C(N)=O)cc21. The Hall–Kier alpha value is -1.31. The molecule has 2 heteroatoms. The van der Waals surface area contributed by atoms with Gasteiger partial charge in [-0.1, -0.05) is 26.8 Å². The van der Waals surface area contributed by atoms with Crippen LogP contribution in [0.4, 0.5) is 0 Å². The lowest BCUT2D eigenvalue weighted by Crippen LogP contribution is -2.36. The molecule has 98 valence electrons. The van der Waals surface area contributed by atoms with E-state index in [1.54, 1.807) is 0 Å². The van der Waals surface area contributed by atoms with Crippen molar-refractivity contribution in [2.75, 3.05) is 0 Å². The van der Waals surface area contributed by atoms with E-state index in [1.807, 2.05) is 12.1 Å². The van der Waals surface area contributed by atoms with Crippen LogP contribution in [0, 0.1) is 5.92 Å². The molecule has 0 saturated carbocycles. The number of rotatable bonds is 3. The third-order valence-corrected chi connectivity index (χ3v) is 4.74. The number of carbonyl (C=O) groups excluding carboxylic acids is 1. The molecule has 2 nitrogen and oxygen atoms in total. The quantitative estimate of drug-likeness (QED) is 0.871. The first-order valence-electron chi connectivity index (χ1n) is 6.94. The van der Waals surface area contributed by atoms with Crippen molar-refractivity contribution in [2.24, 2.45) is 11.7 Å². The minimum atomic E-state index is -0.322. The normalized spacial score (nSPS) is 22.9. The molecule has 1 aliphatic rings. The number of primary amides is 1. The van der Waals surface area contributed by atoms with Gasteiger partial charge in [-0.15, -0.1) is 0 Å². The van der Waals surface area contributed by atoms with Crippen LogP contribution in [0.25, 0.3) is 0 Å². The molecule has 2 N–H and O–H groups in total. The second-order valence-electron chi connectivity index (χ2n) is 5.75. The minimum Gasteiger partial charge on any atom is -0.366 e. The molecule has 0 fully saturated rings. The van der Waals surface area contributed by atoms with Crippen LogP contribution >= 0.6 is 0 Å². The molecular formula is C16H23NO. The summed E-state index contributed by atoms with van der Waals surface area (Å²) < 4.78 is 0. The summed E-state index contributed by atoms with van der Waals surface area (Å²) in [4.78, 5) is 11.4. The molecule has 0 heterocycles. The van der Waals surface area contributed by atoms with Gasteiger partial charge in [0.05, 0.1) is 0 Å². The predicted octanol–water partition coefficient (Wildman–Crippen LogP) is 3.43. The van der Waals surface area contributed by atoms with Crippen LogP contribution in [0.1, 0.15) is 61.5 Å². The smallest absolute Gasteiger partial charge is 0.248 e. The Morgan fingerprint density at radius 3 is 2.72 bits per heavy atom. The van der Waals surface area contributed by atoms with E-state index in [4.69, 9.17) is 5.73 Å². The molecule has 0 aromatic heterocycles. The maximum atomic E-state index is 11.4. The number of fused-ring (bicyclic) bond motifs is 1. The molecule has 1 aromatic carbocycles. The summed E-state index contributed by atoms with van der Waals surface area (Å²) in [6.45, 7) is 6.83. The summed E-state index contributed by atoms with van der Waals surface area (Å²) in [6.07, 6.45) is 4.72. The van der Waals surface area contributed by atoms with Crippen molar-refractivity contribution >= 4 is 5.91 Å². The summed E-state index contributed by atoms with van der Waals surface area (Å²) in [7, 11) is 0. The van der Waals surface area contributed by atoms with Crippen LogP contribution in [0.2, 0.25) is 0 Å². The Bertz CT molecular complexity index is 464. The first-order chi connectivity index (χ1) is 8.51. The van der Waals surface area contributed by atoms with E-state index in [0.29, 0.717) is 11.5 Å². The standard InChI is InChI=1S/C16H23NO/c1-4-16(11(2)3)9-5-6-12-7-8-13(15(17)18)10-14(12)16/h7-8,10-11H,4-6,9H2,1-3H3,(H2,17,18). The van der Waals surface area contributed by atoms with Gasteiger partial charge in [0.1, 0.15) is 0 Å². The Morgan fingerprint density at radius 1 is 1.44 bits per heavy atom. The van der Waals surface area contributed by atoms with E-state index in [0.717, 1.165) is 12.8 Å². The van der Waals surface area contributed by atoms with Crippen LogP contribution in [0.5, 0.6) is 0 Å². The largest absolute Gasteiger partial charge is 0.366 e. The minimum absolute atomic E-state index is 0.221. The van der Waals surface area contributed by atoms with Gasteiger partial charge in [-0.05, 0) is 60.3 Å². The Balaban J connectivity index is 2.59. The van der Waals surface area contributed by atoms with E-state index >= 15 is 0 Å². The van der Waals surface area contributed by atoms with Crippen LogP contribution < -0.4 is 5.73 Å². The molecule has 0 spiro atoms. The zero-order chi connectivity index (χ0) is 13.3. The van der Waals surface area contributed by atoms with E-state index in [9.17, 15) is 4.79 Å². The molecule has 18 heavy (non-hydrogen) atoms. The maximum Gasteiger partial charge on any atom is 0.248 e. The van der Waals surface area contributed by atoms with Crippen LogP contribution in [0.3, 0.4) is 0 Å². The molecule has 0 saturated heterocycles. The van der Waals surface area contributed by atoms with Gasteiger partial charge in [-0.2, -0.15) is 0 Å². The van der Waals surface area contributed by atoms with Gasteiger partial charge in [-0.3, -0.25) is 4.79 Å².